The molecule has 0 bridgehead atoms. The maximum absolute atomic E-state index is 12.7. The van der Waals surface area contributed by atoms with Crippen molar-refractivity contribution in [1.82, 2.24) is 5.32 Å². The van der Waals surface area contributed by atoms with Crippen LogP contribution in [0.2, 0.25) is 0 Å². The second-order valence-corrected chi connectivity index (χ2v) is 8.97. The molecule has 3 aromatic carbocycles. The first-order valence-corrected chi connectivity index (χ1v) is 12.8. The van der Waals surface area contributed by atoms with Gasteiger partial charge in [-0.05, 0) is 48.0 Å². The van der Waals surface area contributed by atoms with E-state index in [1.807, 2.05) is 77.7 Å². The number of anilines is 1. The van der Waals surface area contributed by atoms with Crippen molar-refractivity contribution in [2.45, 2.75) is 25.7 Å². The van der Waals surface area contributed by atoms with Gasteiger partial charge in [0, 0.05) is 24.2 Å². The van der Waals surface area contributed by atoms with E-state index in [9.17, 15) is 4.79 Å². The minimum atomic E-state index is -0.0957. The molecular formula is C30H36N2O6. The number of hydrogen-bond donors (Lipinski definition) is 1. The van der Waals surface area contributed by atoms with Crippen molar-refractivity contribution >= 4 is 11.6 Å². The predicted molar refractivity (Wildman–Crippen MR) is 146 cm³/mol. The summed E-state index contributed by atoms with van der Waals surface area (Å²) in [7, 11) is 3.31. The first-order valence-electron chi connectivity index (χ1n) is 12.8. The highest BCUT2D eigenvalue weighted by Gasteiger charge is 2.29. The zero-order chi connectivity index (χ0) is 26.6. The lowest BCUT2D eigenvalue weighted by Crippen LogP contribution is -2.57. The van der Waals surface area contributed by atoms with Crippen LogP contribution in [0.25, 0.3) is 0 Å². The summed E-state index contributed by atoms with van der Waals surface area (Å²) in [5.41, 5.74) is 2.92. The fraction of sp³-hybridized carbons (Fsp3) is 0.367. The Labute approximate surface area is 224 Å². The molecule has 0 saturated carbocycles. The van der Waals surface area contributed by atoms with Crippen LogP contribution in [0.1, 0.15) is 17.5 Å². The topological polar surface area (TPSA) is 78.5 Å². The van der Waals surface area contributed by atoms with Crippen LogP contribution in [0.4, 0.5) is 5.69 Å². The molecular weight excluding hydrogens is 484 g/mol. The summed E-state index contributed by atoms with van der Waals surface area (Å²) in [4.78, 5) is 14.6. The lowest BCUT2D eigenvalue weighted by molar-refractivity contribution is -0.119. The van der Waals surface area contributed by atoms with Crippen LogP contribution < -0.4 is 24.4 Å². The highest BCUT2D eigenvalue weighted by molar-refractivity contribution is 5.96. The molecule has 8 heteroatoms. The predicted octanol–water partition coefficient (Wildman–Crippen LogP) is 4.21. The number of hydrogen-bond acceptors (Lipinski definition) is 7. The summed E-state index contributed by atoms with van der Waals surface area (Å²) in [6.07, 6.45) is 0.765. The van der Waals surface area contributed by atoms with E-state index < -0.39 is 0 Å². The molecule has 3 aromatic rings. The number of ether oxygens (including phenoxy) is 5. The molecule has 0 spiro atoms. The maximum Gasteiger partial charge on any atom is 0.241 e. The first-order chi connectivity index (χ1) is 18.7. The van der Waals surface area contributed by atoms with Crippen molar-refractivity contribution in [2.24, 2.45) is 0 Å². The van der Waals surface area contributed by atoms with E-state index in [1.54, 1.807) is 14.2 Å². The highest BCUT2D eigenvalue weighted by atomic mass is 16.5. The molecule has 0 unspecified atom stereocenters. The molecule has 1 atom stereocenters. The fourth-order valence-corrected chi connectivity index (χ4v) is 4.31. The van der Waals surface area contributed by atoms with Gasteiger partial charge in [0.15, 0.2) is 0 Å². The van der Waals surface area contributed by atoms with Crippen LogP contribution in [-0.2, 0) is 27.5 Å². The molecule has 0 aliphatic carbocycles. The Hall–Kier alpha value is -3.59. The van der Waals surface area contributed by atoms with Crippen LogP contribution in [0.15, 0.2) is 72.8 Å². The van der Waals surface area contributed by atoms with Crippen LogP contribution in [0, 0.1) is 0 Å². The highest BCUT2D eigenvalue weighted by Crippen LogP contribution is 2.24. The number of methoxy groups -OCH3 is 2. The van der Waals surface area contributed by atoms with Crippen molar-refractivity contribution in [3.63, 3.8) is 0 Å². The van der Waals surface area contributed by atoms with E-state index >= 15 is 0 Å². The Kier molecular flexibility index (Phi) is 10.4. The zero-order valence-electron chi connectivity index (χ0n) is 22.1. The van der Waals surface area contributed by atoms with E-state index in [0.717, 1.165) is 40.5 Å². The van der Waals surface area contributed by atoms with Crippen LogP contribution in [-0.4, -0.2) is 59.1 Å². The molecule has 0 aromatic heterocycles. The number of para-hydroxylation sites is 1. The Bertz CT molecular complexity index is 1140. The monoisotopic (exact) mass is 520 g/mol. The molecule has 8 nitrogen and oxygen atoms in total. The van der Waals surface area contributed by atoms with Crippen molar-refractivity contribution < 1.29 is 28.5 Å². The normalized spacial score (nSPS) is 15.4. The smallest absolute Gasteiger partial charge is 0.241 e. The van der Waals surface area contributed by atoms with E-state index in [-0.39, 0.29) is 11.9 Å². The molecule has 1 N–H and O–H groups in total. The lowest BCUT2D eigenvalue weighted by Gasteiger charge is -2.36. The number of benzene rings is 3. The van der Waals surface area contributed by atoms with Crippen LogP contribution in [0.3, 0.4) is 0 Å². The number of carbonyl (C=O) groups is 1. The summed E-state index contributed by atoms with van der Waals surface area (Å²) >= 11 is 0. The Morgan fingerprint density at radius 2 is 1.61 bits per heavy atom. The van der Waals surface area contributed by atoms with Crippen molar-refractivity contribution in [3.8, 4) is 17.2 Å². The zero-order valence-corrected chi connectivity index (χ0v) is 22.1. The molecule has 38 heavy (non-hydrogen) atoms. The summed E-state index contributed by atoms with van der Waals surface area (Å²) in [5.74, 6) is 2.42. The number of nitrogens with zero attached hydrogens (tertiary/aromatic N) is 1. The molecule has 0 radical (unpaired) electrons. The SMILES string of the molecule is COc1ccc(COC[C@H]2CNCC(=O)N2c2ccc(OCCCOCc3ccccc3OC)cc2)cc1. The second-order valence-electron chi connectivity index (χ2n) is 8.97. The number of carbonyl (C=O) groups excluding carboxylic acids is 1. The summed E-state index contributed by atoms with van der Waals surface area (Å²) in [6, 6.07) is 23.2. The maximum atomic E-state index is 12.7. The van der Waals surface area contributed by atoms with Gasteiger partial charge in [-0.1, -0.05) is 30.3 Å². The summed E-state index contributed by atoms with van der Waals surface area (Å²) in [5, 5.41) is 3.19. The van der Waals surface area contributed by atoms with E-state index in [0.29, 0.717) is 46.1 Å². The largest absolute Gasteiger partial charge is 0.497 e. The fourth-order valence-electron chi connectivity index (χ4n) is 4.31. The number of piperazine rings is 1. The summed E-state index contributed by atoms with van der Waals surface area (Å²) < 4.78 is 28.2. The van der Waals surface area contributed by atoms with Gasteiger partial charge in [-0.15, -0.1) is 0 Å². The quantitative estimate of drug-likeness (QED) is 0.319. The van der Waals surface area contributed by atoms with Crippen LogP contribution >= 0.6 is 0 Å². The van der Waals surface area contributed by atoms with Gasteiger partial charge in [-0.25, -0.2) is 0 Å². The molecule has 202 valence electrons. The van der Waals surface area contributed by atoms with E-state index in [2.05, 4.69) is 5.32 Å². The number of amides is 1. The van der Waals surface area contributed by atoms with E-state index in [1.165, 1.54) is 0 Å². The molecule has 1 fully saturated rings. The second kappa shape index (κ2) is 14.4. The Morgan fingerprint density at radius 1 is 0.842 bits per heavy atom. The molecule has 1 saturated heterocycles. The number of nitrogens with one attached hydrogen (secondary N) is 1. The summed E-state index contributed by atoms with van der Waals surface area (Å²) in [6.45, 7) is 3.50. The molecule has 4 rings (SSSR count). The molecule has 1 heterocycles. The van der Waals surface area contributed by atoms with Crippen molar-refractivity contribution in [2.75, 3.05) is 52.0 Å². The third-order valence-electron chi connectivity index (χ3n) is 6.29. The van der Waals surface area contributed by atoms with Gasteiger partial charge in [-0.3, -0.25) is 4.79 Å². The van der Waals surface area contributed by atoms with Gasteiger partial charge in [0.1, 0.15) is 17.2 Å². The van der Waals surface area contributed by atoms with Gasteiger partial charge in [0.25, 0.3) is 0 Å². The average Bonchev–Trinajstić information content (AvgIpc) is 2.96. The molecule has 1 aliphatic rings. The standard InChI is InChI=1S/C30H36N2O6/c1-34-27-12-8-23(9-13-27)20-37-22-26-18-31-19-30(33)32(26)25-10-14-28(15-11-25)38-17-5-16-36-21-24-6-3-4-7-29(24)35-2/h3-4,6-15,26,31H,5,16-22H2,1-2H3/t26-/m1/s1. The average molecular weight is 521 g/mol. The van der Waals surface area contributed by atoms with Crippen LogP contribution in [0.5, 0.6) is 17.2 Å². The minimum Gasteiger partial charge on any atom is -0.497 e. The third kappa shape index (κ3) is 7.71. The lowest BCUT2D eigenvalue weighted by atomic mass is 10.1. The first kappa shape index (κ1) is 27.4. The Balaban J connectivity index is 1.21. The minimum absolute atomic E-state index is 0.0233. The van der Waals surface area contributed by atoms with Gasteiger partial charge in [-0.2, -0.15) is 0 Å². The van der Waals surface area contributed by atoms with Gasteiger partial charge in [0.2, 0.25) is 5.91 Å². The number of rotatable bonds is 14. The van der Waals surface area contributed by atoms with Gasteiger partial charge >= 0.3 is 0 Å². The molecule has 1 aliphatic heterocycles. The van der Waals surface area contributed by atoms with Gasteiger partial charge < -0.3 is 33.9 Å². The molecule has 1 amide bonds. The third-order valence-corrected chi connectivity index (χ3v) is 6.29. The van der Waals surface area contributed by atoms with E-state index in [4.69, 9.17) is 23.7 Å². The van der Waals surface area contributed by atoms with Crippen molar-refractivity contribution in [3.05, 3.63) is 83.9 Å². The van der Waals surface area contributed by atoms with Crippen molar-refractivity contribution in [1.29, 1.82) is 0 Å². The Morgan fingerprint density at radius 3 is 2.37 bits per heavy atom. The van der Waals surface area contributed by atoms with Gasteiger partial charge in [0.05, 0.1) is 59.8 Å².